The molecule has 0 aliphatic heterocycles. The van der Waals surface area contributed by atoms with Crippen LogP contribution in [0.2, 0.25) is 0 Å². The minimum atomic E-state index is -1.12. The lowest BCUT2D eigenvalue weighted by molar-refractivity contribution is -0.131. The zero-order valence-electron chi connectivity index (χ0n) is 14.4. The summed E-state index contributed by atoms with van der Waals surface area (Å²) in [6, 6.07) is 14.6. The molecular formula is C20H20O6. The highest BCUT2D eigenvalue weighted by molar-refractivity contribution is 6.16. The van der Waals surface area contributed by atoms with Gasteiger partial charge in [-0.25, -0.2) is 9.59 Å². The second-order valence-corrected chi connectivity index (χ2v) is 5.19. The van der Waals surface area contributed by atoms with Crippen LogP contribution in [0.3, 0.4) is 0 Å². The maximum Gasteiger partial charge on any atom is 0.339 e. The average molecular weight is 356 g/mol. The Morgan fingerprint density at radius 3 is 1.73 bits per heavy atom. The molecule has 0 saturated carbocycles. The van der Waals surface area contributed by atoms with E-state index in [2.05, 4.69) is 0 Å². The van der Waals surface area contributed by atoms with Crippen LogP contribution >= 0.6 is 0 Å². The summed E-state index contributed by atoms with van der Waals surface area (Å²) in [7, 11) is 0. The second kappa shape index (κ2) is 9.68. The highest BCUT2D eigenvalue weighted by Gasteiger charge is 2.12. The number of rotatable bonds is 4. The molecule has 0 amide bonds. The third kappa shape index (κ3) is 5.83. The molecule has 4 N–H and O–H groups in total. The van der Waals surface area contributed by atoms with E-state index in [0.29, 0.717) is 11.1 Å². The summed E-state index contributed by atoms with van der Waals surface area (Å²) in [4.78, 5) is 21.4. The van der Waals surface area contributed by atoms with E-state index in [-0.39, 0.29) is 22.7 Å². The molecule has 6 heteroatoms. The molecule has 6 nitrogen and oxygen atoms in total. The van der Waals surface area contributed by atoms with Crippen LogP contribution in [0, 0.1) is 0 Å². The van der Waals surface area contributed by atoms with Crippen molar-refractivity contribution in [3.05, 3.63) is 77.6 Å². The van der Waals surface area contributed by atoms with Crippen molar-refractivity contribution in [3.8, 4) is 5.75 Å². The number of benzene rings is 2. The van der Waals surface area contributed by atoms with Gasteiger partial charge in [-0.1, -0.05) is 48.5 Å². The highest BCUT2D eigenvalue weighted by atomic mass is 16.4. The summed E-state index contributed by atoms with van der Waals surface area (Å²) in [5, 5.41) is 35.7. The second-order valence-electron chi connectivity index (χ2n) is 5.19. The first-order valence-corrected chi connectivity index (χ1v) is 7.65. The summed E-state index contributed by atoms with van der Waals surface area (Å²) in [6.45, 7) is 3.02. The Morgan fingerprint density at radius 1 is 0.808 bits per heavy atom. The van der Waals surface area contributed by atoms with Crippen LogP contribution < -0.4 is 0 Å². The number of aromatic hydroxyl groups is 1. The molecule has 2 rings (SSSR count). The number of carboxylic acids is 2. The van der Waals surface area contributed by atoms with Crippen LogP contribution in [0.25, 0.3) is 11.1 Å². The fourth-order valence-corrected chi connectivity index (χ4v) is 2.15. The number of phenolic OH excluding ortho intramolecular Hbond substituents is 1. The highest BCUT2D eigenvalue weighted by Crippen LogP contribution is 2.18. The normalized spacial score (nSPS) is 11.7. The number of allylic oxidation sites excluding steroid dienone is 2. The predicted molar refractivity (Wildman–Crippen MR) is 98.7 cm³/mol. The monoisotopic (exact) mass is 356 g/mol. The third-order valence-electron chi connectivity index (χ3n) is 3.34. The maximum absolute atomic E-state index is 10.7. The fourth-order valence-electron chi connectivity index (χ4n) is 2.15. The van der Waals surface area contributed by atoms with Crippen molar-refractivity contribution < 1.29 is 30.0 Å². The van der Waals surface area contributed by atoms with Crippen LogP contribution in [0.5, 0.6) is 5.75 Å². The Balaban J connectivity index is 0.000000260. The standard InChI is InChI=1S/2C10H10O3/c1-7(11)9(10(12)13)8-5-3-2-4-6-8;1-2-9(10(12)13)7-3-5-8(11)6-4-7/h2*2-6,11H,1H3,(H,12,13)/b9-7-;9-2+. The SMILES string of the molecule is C/C(O)=C(/C(=O)O)c1ccccc1.C/C=C(/C(=O)O)c1ccc(O)cc1. The largest absolute Gasteiger partial charge is 0.512 e. The lowest BCUT2D eigenvalue weighted by Gasteiger charge is -2.02. The molecule has 0 heterocycles. The van der Waals surface area contributed by atoms with E-state index in [4.69, 9.17) is 20.4 Å². The fraction of sp³-hybridized carbons (Fsp3) is 0.100. The van der Waals surface area contributed by atoms with Gasteiger partial charge in [0.25, 0.3) is 0 Å². The molecule has 0 saturated heterocycles. The quantitative estimate of drug-likeness (QED) is 0.487. The molecule has 0 aliphatic carbocycles. The molecule has 0 aromatic heterocycles. The van der Waals surface area contributed by atoms with Gasteiger partial charge in [0, 0.05) is 0 Å². The van der Waals surface area contributed by atoms with Gasteiger partial charge in [0.2, 0.25) is 0 Å². The van der Waals surface area contributed by atoms with Crippen molar-refractivity contribution in [3.63, 3.8) is 0 Å². The first-order chi connectivity index (χ1) is 12.3. The topological polar surface area (TPSA) is 115 Å². The van der Waals surface area contributed by atoms with Crippen LogP contribution in [-0.2, 0) is 9.59 Å². The Morgan fingerprint density at radius 2 is 1.35 bits per heavy atom. The first-order valence-electron chi connectivity index (χ1n) is 7.65. The van der Waals surface area contributed by atoms with Crippen molar-refractivity contribution >= 4 is 23.1 Å². The molecule has 0 spiro atoms. The molecule has 0 atom stereocenters. The number of carboxylic acid groups (broad SMARTS) is 2. The van der Waals surface area contributed by atoms with Crippen molar-refractivity contribution in [1.29, 1.82) is 0 Å². The summed E-state index contributed by atoms with van der Waals surface area (Å²) in [5.41, 5.74) is 1.28. The Hall–Kier alpha value is -3.54. The molecule has 2 aromatic carbocycles. The smallest absolute Gasteiger partial charge is 0.339 e. The van der Waals surface area contributed by atoms with E-state index in [1.54, 1.807) is 49.4 Å². The zero-order chi connectivity index (χ0) is 19.7. The van der Waals surface area contributed by atoms with Crippen LogP contribution in [-0.4, -0.2) is 32.4 Å². The van der Waals surface area contributed by atoms with Gasteiger partial charge in [-0.05, 0) is 37.1 Å². The predicted octanol–water partition coefficient (Wildman–Crippen LogP) is 3.94. The zero-order valence-corrected chi connectivity index (χ0v) is 14.4. The van der Waals surface area contributed by atoms with Gasteiger partial charge in [-0.3, -0.25) is 0 Å². The van der Waals surface area contributed by atoms with Crippen molar-refractivity contribution in [2.45, 2.75) is 13.8 Å². The third-order valence-corrected chi connectivity index (χ3v) is 3.34. The summed E-state index contributed by atoms with van der Waals surface area (Å²) in [6.07, 6.45) is 1.52. The van der Waals surface area contributed by atoms with Crippen LogP contribution in [0.1, 0.15) is 25.0 Å². The molecule has 0 radical (unpaired) electrons. The molecule has 2 aromatic rings. The molecule has 26 heavy (non-hydrogen) atoms. The maximum atomic E-state index is 10.7. The van der Waals surface area contributed by atoms with Gasteiger partial charge in [-0.2, -0.15) is 0 Å². The lowest BCUT2D eigenvalue weighted by Crippen LogP contribution is -2.02. The number of aliphatic hydroxyl groups excluding tert-OH is 1. The summed E-state index contributed by atoms with van der Waals surface area (Å²) >= 11 is 0. The number of aliphatic carboxylic acids is 2. The molecule has 0 unspecified atom stereocenters. The van der Waals surface area contributed by atoms with Crippen molar-refractivity contribution in [1.82, 2.24) is 0 Å². The van der Waals surface area contributed by atoms with Gasteiger partial charge >= 0.3 is 11.9 Å². The van der Waals surface area contributed by atoms with Gasteiger partial charge in [0.1, 0.15) is 17.1 Å². The number of hydrogen-bond donors (Lipinski definition) is 4. The van der Waals surface area contributed by atoms with E-state index in [0.717, 1.165) is 0 Å². The number of phenols is 1. The molecule has 0 bridgehead atoms. The van der Waals surface area contributed by atoms with E-state index in [1.165, 1.54) is 25.1 Å². The summed E-state index contributed by atoms with van der Waals surface area (Å²) < 4.78 is 0. The van der Waals surface area contributed by atoms with Gasteiger partial charge in [0.05, 0.1) is 5.57 Å². The van der Waals surface area contributed by atoms with Crippen molar-refractivity contribution in [2.75, 3.05) is 0 Å². The van der Waals surface area contributed by atoms with Crippen LogP contribution in [0.4, 0.5) is 0 Å². The molecular weight excluding hydrogens is 336 g/mol. The Bertz CT molecular complexity index is 813. The lowest BCUT2D eigenvalue weighted by atomic mass is 10.1. The molecule has 0 aliphatic rings. The minimum Gasteiger partial charge on any atom is -0.512 e. The van der Waals surface area contributed by atoms with E-state index in [9.17, 15) is 9.59 Å². The molecule has 0 fully saturated rings. The van der Waals surface area contributed by atoms with Gasteiger partial charge in [0.15, 0.2) is 0 Å². The molecule has 136 valence electrons. The van der Waals surface area contributed by atoms with Gasteiger partial charge < -0.3 is 20.4 Å². The Labute approximate surface area is 151 Å². The number of carbonyl (C=O) groups is 2. The van der Waals surface area contributed by atoms with E-state index >= 15 is 0 Å². The summed E-state index contributed by atoms with van der Waals surface area (Å²) in [5.74, 6) is -2.14. The number of aliphatic hydroxyl groups is 1. The van der Waals surface area contributed by atoms with Crippen molar-refractivity contribution in [2.24, 2.45) is 0 Å². The Kier molecular flexibility index (Phi) is 7.64. The van der Waals surface area contributed by atoms with E-state index < -0.39 is 11.9 Å². The van der Waals surface area contributed by atoms with Gasteiger partial charge in [-0.15, -0.1) is 0 Å². The first kappa shape index (κ1) is 20.5. The number of hydrogen-bond acceptors (Lipinski definition) is 4. The van der Waals surface area contributed by atoms with Crippen LogP contribution in [0.15, 0.2) is 66.4 Å². The average Bonchev–Trinajstić information content (AvgIpc) is 2.58. The van der Waals surface area contributed by atoms with E-state index in [1.807, 2.05) is 0 Å². The minimum absolute atomic E-state index is 0.0550.